The van der Waals surface area contributed by atoms with Gasteiger partial charge in [-0.25, -0.2) is 4.99 Å². The maximum Gasteiger partial charge on any atom is 0.416 e. The molecule has 3 rings (SSSR count). The highest BCUT2D eigenvalue weighted by Crippen LogP contribution is 2.34. The third-order valence-electron chi connectivity index (χ3n) is 4.69. The summed E-state index contributed by atoms with van der Waals surface area (Å²) in [6.45, 7) is 5.84. The van der Waals surface area contributed by atoms with Crippen molar-refractivity contribution in [3.63, 3.8) is 0 Å². The Labute approximate surface area is 183 Å². The van der Waals surface area contributed by atoms with Gasteiger partial charge in [0.25, 0.3) is 5.91 Å². The monoisotopic (exact) mass is 449 g/mol. The lowest BCUT2D eigenvalue weighted by atomic mass is 10.1. The molecule has 2 aromatic rings. The molecule has 1 N–H and O–H groups in total. The van der Waals surface area contributed by atoms with Crippen molar-refractivity contribution in [3.05, 3.63) is 58.5 Å². The van der Waals surface area contributed by atoms with Crippen LogP contribution >= 0.6 is 11.8 Å². The van der Waals surface area contributed by atoms with Crippen molar-refractivity contribution in [2.24, 2.45) is 4.99 Å². The van der Waals surface area contributed by atoms with E-state index < -0.39 is 11.7 Å². The largest absolute Gasteiger partial charge is 0.496 e. The number of amides is 1. The fraction of sp³-hybridized carbons (Fsp3) is 0.273. The van der Waals surface area contributed by atoms with Crippen LogP contribution in [-0.4, -0.2) is 31.3 Å². The molecule has 0 aliphatic carbocycles. The van der Waals surface area contributed by atoms with Gasteiger partial charge >= 0.3 is 6.18 Å². The number of rotatable bonds is 6. The molecular weight excluding hydrogens is 427 g/mol. The normalized spacial score (nSPS) is 16.6. The number of thioether (sulfide) groups is 1. The van der Waals surface area contributed by atoms with E-state index >= 15 is 0 Å². The molecule has 0 spiro atoms. The van der Waals surface area contributed by atoms with Crippen LogP contribution in [0.15, 0.2) is 52.4 Å². The number of carbonyl (C=O) groups excluding carboxylic acids is 1. The Kier molecular flexibility index (Phi) is 6.94. The zero-order valence-corrected chi connectivity index (χ0v) is 18.1. The number of nitrogens with one attached hydrogen (secondary N) is 1. The van der Waals surface area contributed by atoms with E-state index in [9.17, 15) is 18.0 Å². The third-order valence-corrected chi connectivity index (χ3v) is 5.60. The van der Waals surface area contributed by atoms with Gasteiger partial charge in [-0.15, -0.1) is 0 Å². The Hall–Kier alpha value is -2.94. The van der Waals surface area contributed by atoms with Crippen LogP contribution in [-0.2, 0) is 11.0 Å². The molecule has 164 valence electrons. The quantitative estimate of drug-likeness (QED) is 0.596. The summed E-state index contributed by atoms with van der Waals surface area (Å²) in [4.78, 5) is 19.1. The highest BCUT2D eigenvalue weighted by atomic mass is 32.2. The molecule has 1 amide bonds. The number of nitrogens with zero attached hydrogens (tertiary/aromatic N) is 2. The van der Waals surface area contributed by atoms with Gasteiger partial charge in [0.2, 0.25) is 0 Å². The summed E-state index contributed by atoms with van der Waals surface area (Å²) < 4.78 is 44.2. The van der Waals surface area contributed by atoms with Crippen LogP contribution in [0.5, 0.6) is 5.75 Å². The van der Waals surface area contributed by atoms with Crippen LogP contribution in [0.3, 0.4) is 0 Å². The van der Waals surface area contributed by atoms with E-state index in [1.165, 1.54) is 12.1 Å². The number of methoxy groups -OCH3 is 1. The van der Waals surface area contributed by atoms with E-state index in [-0.39, 0.29) is 16.8 Å². The molecule has 0 bridgehead atoms. The molecule has 0 unspecified atom stereocenters. The van der Waals surface area contributed by atoms with Crippen LogP contribution in [0.2, 0.25) is 0 Å². The van der Waals surface area contributed by atoms with Crippen LogP contribution in [0.25, 0.3) is 6.08 Å². The standard InChI is InChI=1S/C22H22F3N3O2S/c1-4-28(5-2)17-10-9-14(18(13-17)30-3)11-19-20(29)27-21(31-19)26-16-8-6-7-15(12-16)22(23,24)25/h6-13H,4-5H2,1-3H3,(H,26,27,29)/b19-11-. The first-order valence-electron chi connectivity index (χ1n) is 9.65. The van der Waals surface area contributed by atoms with E-state index in [4.69, 9.17) is 4.74 Å². The Morgan fingerprint density at radius 1 is 1.16 bits per heavy atom. The summed E-state index contributed by atoms with van der Waals surface area (Å²) in [5.74, 6) is 0.249. The maximum atomic E-state index is 12.9. The average Bonchev–Trinajstić information content (AvgIpc) is 3.08. The third kappa shape index (κ3) is 5.41. The number of aliphatic imine (C=N–C) groups is 1. The Bertz CT molecular complexity index is 1030. The van der Waals surface area contributed by atoms with Crippen molar-refractivity contribution in [1.29, 1.82) is 0 Å². The van der Waals surface area contributed by atoms with Crippen molar-refractivity contribution < 1.29 is 22.7 Å². The summed E-state index contributed by atoms with van der Waals surface area (Å²) in [7, 11) is 1.56. The zero-order valence-electron chi connectivity index (χ0n) is 17.3. The smallest absolute Gasteiger partial charge is 0.416 e. The summed E-state index contributed by atoms with van der Waals surface area (Å²) in [6, 6.07) is 10.4. The van der Waals surface area contributed by atoms with Gasteiger partial charge in [-0.2, -0.15) is 13.2 Å². The number of carbonyl (C=O) groups is 1. The number of ether oxygens (including phenoxy) is 1. The highest BCUT2D eigenvalue weighted by Gasteiger charge is 2.30. The molecule has 31 heavy (non-hydrogen) atoms. The Morgan fingerprint density at radius 3 is 2.55 bits per heavy atom. The summed E-state index contributed by atoms with van der Waals surface area (Å²) in [5.41, 5.74) is 1.05. The average molecular weight is 449 g/mol. The second-order valence-electron chi connectivity index (χ2n) is 6.63. The number of alkyl halides is 3. The molecule has 0 radical (unpaired) electrons. The van der Waals surface area contributed by atoms with E-state index in [2.05, 4.69) is 29.1 Å². The number of amidine groups is 1. The number of hydrogen-bond acceptors (Lipinski definition) is 5. The van der Waals surface area contributed by atoms with Crippen LogP contribution in [0.4, 0.5) is 24.5 Å². The summed E-state index contributed by atoms with van der Waals surface area (Å²) in [6.07, 6.45) is -2.78. The number of benzene rings is 2. The van der Waals surface area contributed by atoms with Gasteiger partial charge in [0.15, 0.2) is 5.17 Å². The molecule has 1 heterocycles. The predicted octanol–water partition coefficient (Wildman–Crippen LogP) is 5.45. The molecule has 9 heteroatoms. The molecule has 1 aliphatic rings. The van der Waals surface area contributed by atoms with Gasteiger partial charge < -0.3 is 15.0 Å². The van der Waals surface area contributed by atoms with Gasteiger partial charge in [0, 0.05) is 30.4 Å². The van der Waals surface area contributed by atoms with Crippen molar-refractivity contribution >= 4 is 40.3 Å². The molecule has 5 nitrogen and oxygen atoms in total. The molecule has 1 fully saturated rings. The predicted molar refractivity (Wildman–Crippen MR) is 119 cm³/mol. The molecule has 1 saturated heterocycles. The van der Waals surface area contributed by atoms with Gasteiger partial charge in [0.05, 0.1) is 23.3 Å². The first-order valence-corrected chi connectivity index (χ1v) is 10.5. The minimum atomic E-state index is -4.46. The lowest BCUT2D eigenvalue weighted by Gasteiger charge is -2.22. The van der Waals surface area contributed by atoms with Gasteiger partial charge in [-0.1, -0.05) is 6.07 Å². The lowest BCUT2D eigenvalue weighted by Crippen LogP contribution is -2.21. The first kappa shape index (κ1) is 22.7. The van der Waals surface area contributed by atoms with Crippen LogP contribution < -0.4 is 15.0 Å². The second kappa shape index (κ2) is 9.47. The number of anilines is 1. The molecule has 1 aliphatic heterocycles. The fourth-order valence-corrected chi connectivity index (χ4v) is 3.93. The Balaban J connectivity index is 1.86. The topological polar surface area (TPSA) is 53.9 Å². The minimum absolute atomic E-state index is 0.111. The van der Waals surface area contributed by atoms with E-state index in [1.807, 2.05) is 18.2 Å². The molecular formula is C22H22F3N3O2S. The lowest BCUT2D eigenvalue weighted by molar-refractivity contribution is -0.137. The molecule has 0 saturated carbocycles. The van der Waals surface area contributed by atoms with Crippen molar-refractivity contribution in [2.75, 3.05) is 25.1 Å². The number of halogens is 3. The van der Waals surface area contributed by atoms with Crippen molar-refractivity contribution in [1.82, 2.24) is 5.32 Å². The van der Waals surface area contributed by atoms with Crippen molar-refractivity contribution in [2.45, 2.75) is 20.0 Å². The SMILES string of the molecule is CCN(CC)c1ccc(/C=C2\SC(=Nc3cccc(C(F)(F)F)c3)NC2=O)c(OC)c1. The van der Waals surface area contributed by atoms with Gasteiger partial charge in [-0.05, 0) is 62.0 Å². The Morgan fingerprint density at radius 2 is 1.90 bits per heavy atom. The van der Waals surface area contributed by atoms with E-state index in [0.717, 1.165) is 48.2 Å². The summed E-state index contributed by atoms with van der Waals surface area (Å²) in [5, 5.41) is 2.81. The van der Waals surface area contributed by atoms with E-state index in [0.29, 0.717) is 10.7 Å². The van der Waals surface area contributed by atoms with E-state index in [1.54, 1.807) is 13.2 Å². The zero-order chi connectivity index (χ0) is 22.6. The first-order chi connectivity index (χ1) is 14.7. The number of hydrogen-bond donors (Lipinski definition) is 1. The maximum absolute atomic E-state index is 12.9. The fourth-order valence-electron chi connectivity index (χ4n) is 3.10. The van der Waals surface area contributed by atoms with Crippen LogP contribution in [0.1, 0.15) is 25.0 Å². The molecule has 0 aromatic heterocycles. The second-order valence-corrected chi connectivity index (χ2v) is 7.66. The highest BCUT2D eigenvalue weighted by molar-refractivity contribution is 8.18. The van der Waals surface area contributed by atoms with Crippen molar-refractivity contribution in [3.8, 4) is 5.75 Å². The molecule has 0 atom stereocenters. The van der Waals surface area contributed by atoms with Gasteiger partial charge in [0.1, 0.15) is 5.75 Å². The van der Waals surface area contributed by atoms with Crippen LogP contribution in [0, 0.1) is 0 Å². The minimum Gasteiger partial charge on any atom is -0.496 e. The van der Waals surface area contributed by atoms with Gasteiger partial charge in [-0.3, -0.25) is 4.79 Å². The summed E-state index contributed by atoms with van der Waals surface area (Å²) >= 11 is 1.06. The molecule has 2 aromatic carbocycles.